The average molecular weight is 213 g/mol. The zero-order chi connectivity index (χ0) is 7.56. The molecule has 0 atom stereocenters. The fraction of sp³-hybridized carbons (Fsp3) is 0.286. The van der Waals surface area contributed by atoms with Crippen LogP contribution in [-0.4, -0.2) is 4.98 Å². The maximum absolute atomic E-state index is 5.58. The second-order valence-electron chi connectivity index (χ2n) is 2.00. The van der Waals surface area contributed by atoms with E-state index < -0.39 is 4.84 Å². The number of hydrogen-bond acceptors (Lipinski definition) is 1. The number of aryl methyl sites for hydroxylation is 1. The molecule has 62 valence electrons. The Bertz CT molecular complexity index is 225. The molecule has 0 amide bonds. The van der Waals surface area contributed by atoms with Crippen LogP contribution in [0.25, 0.3) is 0 Å². The summed E-state index contributed by atoms with van der Waals surface area (Å²) in [5.74, 6) is 0. The minimum atomic E-state index is -0.514. The van der Waals surface area contributed by atoms with E-state index in [4.69, 9.17) is 23.2 Å². The van der Waals surface area contributed by atoms with Crippen LogP contribution >= 0.6 is 35.6 Å². The number of rotatable bonds is 1. The number of aromatic nitrogens is 1. The van der Waals surface area contributed by atoms with Crippen LogP contribution in [0.3, 0.4) is 0 Å². The summed E-state index contributed by atoms with van der Waals surface area (Å²) in [6.07, 6.45) is 0. The molecule has 0 radical (unpaired) electrons. The summed E-state index contributed by atoms with van der Waals surface area (Å²) in [6.45, 7) is 1.90. The Morgan fingerprint density at radius 2 is 2.00 bits per heavy atom. The molecule has 0 aliphatic heterocycles. The highest BCUT2D eigenvalue weighted by Gasteiger charge is 2.02. The van der Waals surface area contributed by atoms with Crippen LogP contribution in [0.5, 0.6) is 0 Å². The van der Waals surface area contributed by atoms with Crippen LogP contribution in [0.4, 0.5) is 0 Å². The van der Waals surface area contributed by atoms with Crippen molar-refractivity contribution in [3.63, 3.8) is 0 Å². The summed E-state index contributed by atoms with van der Waals surface area (Å²) in [6, 6.07) is 5.59. The van der Waals surface area contributed by atoms with E-state index in [0.717, 1.165) is 5.69 Å². The summed E-state index contributed by atoms with van der Waals surface area (Å²) in [5.41, 5.74) is 1.65. The lowest BCUT2D eigenvalue weighted by Gasteiger charge is -1.99. The van der Waals surface area contributed by atoms with Crippen LogP contribution < -0.4 is 0 Å². The molecule has 1 heterocycles. The first-order valence-electron chi connectivity index (χ1n) is 2.92. The topological polar surface area (TPSA) is 12.9 Å². The molecule has 0 saturated carbocycles. The van der Waals surface area contributed by atoms with E-state index >= 15 is 0 Å². The van der Waals surface area contributed by atoms with E-state index in [-0.39, 0.29) is 12.4 Å². The van der Waals surface area contributed by atoms with E-state index in [1.165, 1.54) is 0 Å². The van der Waals surface area contributed by atoms with Crippen molar-refractivity contribution in [3.8, 4) is 0 Å². The van der Waals surface area contributed by atoms with Gasteiger partial charge in [0.2, 0.25) is 0 Å². The van der Waals surface area contributed by atoms with Crippen LogP contribution in [0, 0.1) is 6.92 Å². The zero-order valence-electron chi connectivity index (χ0n) is 5.92. The standard InChI is InChI=1S/C7H7Cl2N.ClH/c1-5-3-2-4-6(10-5)7(8)9;/h2-4,7H,1H3;1H. The second kappa shape index (κ2) is 4.81. The highest BCUT2D eigenvalue weighted by molar-refractivity contribution is 6.43. The van der Waals surface area contributed by atoms with Gasteiger partial charge < -0.3 is 0 Å². The van der Waals surface area contributed by atoms with Gasteiger partial charge in [-0.1, -0.05) is 29.3 Å². The first-order chi connectivity index (χ1) is 4.70. The molecule has 0 N–H and O–H groups in total. The third-order valence-electron chi connectivity index (χ3n) is 1.13. The Hall–Kier alpha value is 0.0200. The van der Waals surface area contributed by atoms with E-state index in [2.05, 4.69) is 4.98 Å². The van der Waals surface area contributed by atoms with Gasteiger partial charge in [-0.05, 0) is 19.1 Å². The van der Waals surface area contributed by atoms with Crippen LogP contribution in [0.2, 0.25) is 0 Å². The lowest BCUT2D eigenvalue weighted by atomic mass is 10.3. The first kappa shape index (κ1) is 11.0. The highest BCUT2D eigenvalue weighted by Crippen LogP contribution is 2.21. The molecule has 4 heteroatoms. The molecule has 11 heavy (non-hydrogen) atoms. The van der Waals surface area contributed by atoms with Gasteiger partial charge in [-0.3, -0.25) is 4.98 Å². The molecule has 0 spiro atoms. The van der Waals surface area contributed by atoms with Crippen LogP contribution in [0.1, 0.15) is 16.2 Å². The highest BCUT2D eigenvalue weighted by atomic mass is 35.5. The Morgan fingerprint density at radius 1 is 1.36 bits per heavy atom. The predicted molar refractivity (Wildman–Crippen MR) is 50.7 cm³/mol. The van der Waals surface area contributed by atoms with Gasteiger partial charge in [0.15, 0.2) is 0 Å². The van der Waals surface area contributed by atoms with Gasteiger partial charge in [-0.25, -0.2) is 0 Å². The molecule has 1 rings (SSSR count). The van der Waals surface area contributed by atoms with Gasteiger partial charge in [-0.15, -0.1) is 12.4 Å². The Balaban J connectivity index is 0.000001000. The monoisotopic (exact) mass is 211 g/mol. The van der Waals surface area contributed by atoms with Gasteiger partial charge >= 0.3 is 0 Å². The van der Waals surface area contributed by atoms with Gasteiger partial charge in [-0.2, -0.15) is 0 Å². The molecule has 1 aromatic heterocycles. The predicted octanol–water partition coefficient (Wildman–Crippen LogP) is 3.29. The summed E-state index contributed by atoms with van der Waals surface area (Å²) in [7, 11) is 0. The van der Waals surface area contributed by atoms with Crippen molar-refractivity contribution >= 4 is 35.6 Å². The van der Waals surface area contributed by atoms with Crippen LogP contribution in [-0.2, 0) is 0 Å². The van der Waals surface area contributed by atoms with Gasteiger partial charge in [0.25, 0.3) is 0 Å². The molecule has 0 aromatic carbocycles. The maximum Gasteiger partial charge on any atom is 0.149 e. The van der Waals surface area contributed by atoms with Crippen molar-refractivity contribution in [2.24, 2.45) is 0 Å². The fourth-order valence-electron chi connectivity index (χ4n) is 0.686. The Kier molecular flexibility index (Phi) is 4.82. The van der Waals surface area contributed by atoms with E-state index in [0.29, 0.717) is 5.69 Å². The number of nitrogens with zero attached hydrogens (tertiary/aromatic N) is 1. The normalized spacial score (nSPS) is 9.45. The molecule has 0 aliphatic rings. The zero-order valence-corrected chi connectivity index (χ0v) is 8.25. The molecular weight excluding hydrogens is 204 g/mol. The minimum Gasteiger partial charge on any atom is -0.255 e. The number of hydrogen-bond donors (Lipinski definition) is 0. The van der Waals surface area contributed by atoms with Gasteiger partial charge in [0, 0.05) is 5.69 Å². The first-order valence-corrected chi connectivity index (χ1v) is 3.79. The molecule has 1 aromatic rings. The van der Waals surface area contributed by atoms with E-state index in [1.807, 2.05) is 19.1 Å². The Labute approximate surface area is 82.1 Å². The summed E-state index contributed by atoms with van der Waals surface area (Å²) >= 11 is 11.2. The molecule has 0 aliphatic carbocycles. The molecule has 0 saturated heterocycles. The van der Waals surface area contributed by atoms with Crippen molar-refractivity contribution in [2.45, 2.75) is 11.8 Å². The minimum absolute atomic E-state index is 0. The van der Waals surface area contributed by atoms with E-state index in [1.54, 1.807) is 6.07 Å². The lowest BCUT2D eigenvalue weighted by molar-refractivity contribution is 1.09. The number of pyridine rings is 1. The molecule has 0 bridgehead atoms. The third-order valence-corrected chi connectivity index (χ3v) is 1.58. The van der Waals surface area contributed by atoms with E-state index in [9.17, 15) is 0 Å². The summed E-state index contributed by atoms with van der Waals surface area (Å²) in [5, 5.41) is 0. The smallest absolute Gasteiger partial charge is 0.149 e. The van der Waals surface area contributed by atoms with Crippen molar-refractivity contribution < 1.29 is 0 Å². The SMILES string of the molecule is Cc1cccc(C(Cl)Cl)n1.Cl. The molecule has 0 fully saturated rings. The average Bonchev–Trinajstić information content (AvgIpc) is 1.88. The van der Waals surface area contributed by atoms with Crippen molar-refractivity contribution in [1.29, 1.82) is 0 Å². The van der Waals surface area contributed by atoms with Crippen LogP contribution in [0.15, 0.2) is 18.2 Å². The van der Waals surface area contributed by atoms with Crippen molar-refractivity contribution in [3.05, 3.63) is 29.6 Å². The summed E-state index contributed by atoms with van der Waals surface area (Å²) in [4.78, 5) is 3.59. The molecular formula is C7H8Cl3N. The second-order valence-corrected chi connectivity index (χ2v) is 3.10. The number of alkyl halides is 2. The lowest BCUT2D eigenvalue weighted by Crippen LogP contribution is -1.88. The quantitative estimate of drug-likeness (QED) is 0.651. The number of halogens is 3. The van der Waals surface area contributed by atoms with Crippen molar-refractivity contribution in [1.82, 2.24) is 4.98 Å². The van der Waals surface area contributed by atoms with Crippen molar-refractivity contribution in [2.75, 3.05) is 0 Å². The van der Waals surface area contributed by atoms with Gasteiger partial charge in [0.05, 0.1) is 5.69 Å². The molecule has 1 nitrogen and oxygen atoms in total. The van der Waals surface area contributed by atoms with Gasteiger partial charge in [0.1, 0.15) is 4.84 Å². The fourth-order valence-corrected chi connectivity index (χ4v) is 0.929. The largest absolute Gasteiger partial charge is 0.255 e. The molecule has 0 unspecified atom stereocenters. The third kappa shape index (κ3) is 3.28. The maximum atomic E-state index is 5.58. The summed E-state index contributed by atoms with van der Waals surface area (Å²) < 4.78 is 0. The Morgan fingerprint density at radius 3 is 2.36 bits per heavy atom.